The van der Waals surface area contributed by atoms with Crippen LogP contribution in [0.15, 0.2) is 24.3 Å². The molecule has 4 aliphatic rings. The van der Waals surface area contributed by atoms with Crippen molar-refractivity contribution in [1.29, 1.82) is 0 Å². The molecule has 0 spiro atoms. The van der Waals surface area contributed by atoms with Gasteiger partial charge in [-0.25, -0.2) is 0 Å². The number of esters is 1. The highest BCUT2D eigenvalue weighted by atomic mass is 16.6. The molecule has 5 rings (SSSR count). The lowest BCUT2D eigenvalue weighted by atomic mass is 9.55. The Kier molecular flexibility index (Phi) is 5.08. The fourth-order valence-corrected chi connectivity index (χ4v) is 7.19. The largest absolute Gasteiger partial charge is 0.504 e. The monoisotopic (exact) mass is 426 g/mol. The van der Waals surface area contributed by atoms with Gasteiger partial charge in [0.05, 0.1) is 20.2 Å². The van der Waals surface area contributed by atoms with Gasteiger partial charge >= 0.3 is 5.97 Å². The van der Waals surface area contributed by atoms with Crippen molar-refractivity contribution in [1.82, 2.24) is 0 Å². The standard InChI is InChI=1S/C26H35NO4/c1-15-6-5-8-26(3)13-24-19(11-21(15)26)20(25(29)31-24)14-27-9-7-17-10-22(28)23(30-4)12-18(17)16(27)2/h10,12,16,19-21,24,28H,1,5-9,11,13-14H2,2-4H3/p+1/t16-,19-,20+,21-,24+,26+/m1/s1. The summed E-state index contributed by atoms with van der Waals surface area (Å²) < 4.78 is 11.3. The minimum Gasteiger partial charge on any atom is -0.504 e. The molecule has 7 atom stereocenters. The number of carbonyl (C=O) groups is 1. The minimum atomic E-state index is -0.0257. The molecule has 2 heterocycles. The molecule has 31 heavy (non-hydrogen) atoms. The Labute approximate surface area is 185 Å². The van der Waals surface area contributed by atoms with E-state index in [0.717, 1.165) is 38.8 Å². The third kappa shape index (κ3) is 3.36. The van der Waals surface area contributed by atoms with Gasteiger partial charge < -0.3 is 19.5 Å². The highest BCUT2D eigenvalue weighted by molar-refractivity contribution is 5.75. The van der Waals surface area contributed by atoms with Gasteiger partial charge in [-0.05, 0) is 68.1 Å². The normalized spacial score (nSPS) is 39.3. The Morgan fingerprint density at radius 3 is 2.94 bits per heavy atom. The molecule has 0 amide bonds. The van der Waals surface area contributed by atoms with Crippen LogP contribution in [0.5, 0.6) is 11.5 Å². The number of allylic oxidation sites excluding steroid dienone is 1. The number of hydrogen-bond acceptors (Lipinski definition) is 4. The van der Waals surface area contributed by atoms with Gasteiger partial charge in [-0.3, -0.25) is 4.79 Å². The molecule has 1 saturated heterocycles. The van der Waals surface area contributed by atoms with Crippen molar-refractivity contribution < 1.29 is 24.3 Å². The molecule has 2 saturated carbocycles. The first kappa shape index (κ1) is 20.9. The van der Waals surface area contributed by atoms with E-state index >= 15 is 0 Å². The number of phenolic OH excluding ortho intramolecular Hbond substituents is 1. The number of phenols is 1. The lowest BCUT2D eigenvalue weighted by molar-refractivity contribution is -0.934. The van der Waals surface area contributed by atoms with Crippen LogP contribution in [0.2, 0.25) is 0 Å². The van der Waals surface area contributed by atoms with E-state index in [1.54, 1.807) is 7.11 Å². The first-order valence-electron chi connectivity index (χ1n) is 11.9. The zero-order valence-electron chi connectivity index (χ0n) is 19.1. The summed E-state index contributed by atoms with van der Waals surface area (Å²) in [6.07, 6.45) is 6.60. The molecule has 2 N–H and O–H groups in total. The Hall–Kier alpha value is -2.01. The molecule has 1 unspecified atom stereocenters. The molecule has 168 valence electrons. The second-order valence-electron chi connectivity index (χ2n) is 10.7. The number of ether oxygens (including phenoxy) is 2. The van der Waals surface area contributed by atoms with Crippen LogP contribution in [-0.4, -0.2) is 37.4 Å². The smallest absolute Gasteiger partial charge is 0.315 e. The fourth-order valence-electron chi connectivity index (χ4n) is 7.19. The molecule has 0 bridgehead atoms. The molecule has 3 fully saturated rings. The van der Waals surface area contributed by atoms with Gasteiger partial charge in [0.1, 0.15) is 18.1 Å². The van der Waals surface area contributed by atoms with E-state index in [9.17, 15) is 9.90 Å². The van der Waals surface area contributed by atoms with E-state index in [1.165, 1.54) is 34.4 Å². The maximum atomic E-state index is 13.0. The quantitative estimate of drug-likeness (QED) is 0.576. The van der Waals surface area contributed by atoms with Crippen molar-refractivity contribution in [3.8, 4) is 11.5 Å². The van der Waals surface area contributed by atoms with Crippen LogP contribution in [-0.2, 0) is 16.0 Å². The summed E-state index contributed by atoms with van der Waals surface area (Å²) in [5.41, 5.74) is 4.04. The molecule has 5 heteroatoms. The Morgan fingerprint density at radius 1 is 1.35 bits per heavy atom. The summed E-state index contributed by atoms with van der Waals surface area (Å²) in [5, 5.41) is 10.1. The third-order valence-corrected chi connectivity index (χ3v) is 9.04. The molecule has 2 aliphatic heterocycles. The highest BCUT2D eigenvalue weighted by Crippen LogP contribution is 2.56. The van der Waals surface area contributed by atoms with E-state index in [4.69, 9.17) is 9.47 Å². The summed E-state index contributed by atoms with van der Waals surface area (Å²) in [7, 11) is 1.59. The number of quaternary nitrogens is 1. The molecule has 1 aromatic carbocycles. The van der Waals surface area contributed by atoms with Crippen LogP contribution >= 0.6 is 0 Å². The Balaban J connectivity index is 1.36. The van der Waals surface area contributed by atoms with Crippen LogP contribution in [0.3, 0.4) is 0 Å². The van der Waals surface area contributed by atoms with Gasteiger partial charge in [-0.1, -0.05) is 19.1 Å². The van der Waals surface area contributed by atoms with E-state index < -0.39 is 0 Å². The molecule has 0 radical (unpaired) electrons. The van der Waals surface area contributed by atoms with E-state index in [1.807, 2.05) is 12.1 Å². The molecule has 0 aromatic heterocycles. The fraction of sp³-hybridized carbons (Fsp3) is 0.654. The number of nitrogens with one attached hydrogen (secondary N) is 1. The van der Waals surface area contributed by atoms with Gasteiger partial charge in [-0.2, -0.15) is 0 Å². The van der Waals surface area contributed by atoms with Crippen LogP contribution in [0.25, 0.3) is 0 Å². The van der Waals surface area contributed by atoms with Gasteiger partial charge in [0, 0.05) is 17.9 Å². The van der Waals surface area contributed by atoms with Gasteiger partial charge in [0.2, 0.25) is 0 Å². The number of benzene rings is 1. The molecular formula is C26H36NO4+. The van der Waals surface area contributed by atoms with Crippen molar-refractivity contribution in [2.24, 2.45) is 23.2 Å². The van der Waals surface area contributed by atoms with Gasteiger partial charge in [0.25, 0.3) is 0 Å². The maximum absolute atomic E-state index is 13.0. The van der Waals surface area contributed by atoms with Crippen molar-refractivity contribution in [2.45, 2.75) is 64.5 Å². The molecule has 5 nitrogen and oxygen atoms in total. The number of hydrogen-bond donors (Lipinski definition) is 2. The predicted molar refractivity (Wildman–Crippen MR) is 118 cm³/mol. The Morgan fingerprint density at radius 2 is 2.16 bits per heavy atom. The maximum Gasteiger partial charge on any atom is 0.315 e. The number of aromatic hydroxyl groups is 1. The lowest BCUT2D eigenvalue weighted by Crippen LogP contribution is -3.13. The average molecular weight is 427 g/mol. The van der Waals surface area contributed by atoms with Crippen LogP contribution in [0.4, 0.5) is 0 Å². The van der Waals surface area contributed by atoms with E-state index in [2.05, 4.69) is 20.4 Å². The zero-order valence-corrected chi connectivity index (χ0v) is 19.1. The number of rotatable bonds is 3. The van der Waals surface area contributed by atoms with Crippen LogP contribution in [0.1, 0.15) is 63.1 Å². The summed E-state index contributed by atoms with van der Waals surface area (Å²) in [6, 6.07) is 4.07. The zero-order chi connectivity index (χ0) is 21.9. The summed E-state index contributed by atoms with van der Waals surface area (Å²) in [4.78, 5) is 14.4. The van der Waals surface area contributed by atoms with Crippen LogP contribution < -0.4 is 9.64 Å². The summed E-state index contributed by atoms with van der Waals surface area (Å²) >= 11 is 0. The highest BCUT2D eigenvalue weighted by Gasteiger charge is 2.56. The van der Waals surface area contributed by atoms with Crippen molar-refractivity contribution in [2.75, 3.05) is 20.2 Å². The van der Waals surface area contributed by atoms with Crippen LogP contribution in [0, 0.1) is 23.2 Å². The predicted octanol–water partition coefficient (Wildman–Crippen LogP) is 3.22. The second kappa shape index (κ2) is 7.54. The van der Waals surface area contributed by atoms with Gasteiger partial charge in [-0.15, -0.1) is 0 Å². The topological polar surface area (TPSA) is 60.2 Å². The third-order valence-electron chi connectivity index (χ3n) is 9.04. The summed E-state index contributed by atoms with van der Waals surface area (Å²) in [5.74, 6) is 1.56. The van der Waals surface area contributed by atoms with Gasteiger partial charge in [0.15, 0.2) is 11.5 Å². The first-order valence-corrected chi connectivity index (χ1v) is 11.9. The second-order valence-corrected chi connectivity index (χ2v) is 10.7. The van der Waals surface area contributed by atoms with Crippen molar-refractivity contribution >= 4 is 5.97 Å². The number of fused-ring (bicyclic) bond motifs is 3. The first-order chi connectivity index (χ1) is 14.8. The van der Waals surface area contributed by atoms with E-state index in [-0.39, 0.29) is 35.2 Å². The average Bonchev–Trinajstić information content (AvgIpc) is 3.02. The lowest BCUT2D eigenvalue weighted by Gasteiger charge is -2.50. The number of carbonyl (C=O) groups excluding carboxylic acids is 1. The SMILES string of the molecule is C=C1CCC[C@@]2(C)C[C@@H]3OC(=O)[C@@H](C[NH+]4CCc5cc(O)c(OC)cc5[C@H]4C)[C@H]3C[C@H]12. The molecular weight excluding hydrogens is 390 g/mol. The molecule has 2 aliphatic carbocycles. The van der Waals surface area contributed by atoms with Crippen molar-refractivity contribution in [3.63, 3.8) is 0 Å². The molecule has 1 aromatic rings. The number of methoxy groups -OCH3 is 1. The van der Waals surface area contributed by atoms with Crippen molar-refractivity contribution in [3.05, 3.63) is 35.4 Å². The Bertz CT molecular complexity index is 911. The summed E-state index contributed by atoms with van der Waals surface area (Å²) in [6.45, 7) is 10.8. The van der Waals surface area contributed by atoms with E-state index in [0.29, 0.717) is 17.6 Å². The minimum absolute atomic E-state index is 0.0108.